The topological polar surface area (TPSA) is 58.1 Å². The van der Waals surface area contributed by atoms with E-state index in [-0.39, 0.29) is 13.3 Å². The van der Waals surface area contributed by atoms with E-state index < -0.39 is 0 Å². The Bertz CT molecular complexity index is 482. The van der Waals surface area contributed by atoms with Gasteiger partial charge in [-0.15, -0.1) is 5.10 Å². The van der Waals surface area contributed by atoms with E-state index in [1.807, 2.05) is 13.8 Å². The third-order valence-electron chi connectivity index (χ3n) is 4.29. The number of carbonyl (C=O) groups is 1. The molecular weight excluding hydrogens is 276 g/mol. The molecular formula is C17H30N4O. The average molecular weight is 306 g/mol. The summed E-state index contributed by atoms with van der Waals surface area (Å²) in [5.41, 5.74) is 1.04. The van der Waals surface area contributed by atoms with Crippen molar-refractivity contribution in [3.05, 3.63) is 17.8 Å². The van der Waals surface area contributed by atoms with Crippen LogP contribution in [0.4, 0.5) is 5.82 Å². The molecule has 1 fully saturated rings. The fourth-order valence-electron chi connectivity index (χ4n) is 2.63. The molecule has 124 valence electrons. The molecule has 1 saturated heterocycles. The zero-order valence-corrected chi connectivity index (χ0v) is 14.2. The summed E-state index contributed by atoms with van der Waals surface area (Å²) in [6.45, 7) is 10.9. The summed E-state index contributed by atoms with van der Waals surface area (Å²) in [4.78, 5) is 13.9. The van der Waals surface area contributed by atoms with Gasteiger partial charge in [-0.3, -0.25) is 4.79 Å². The van der Waals surface area contributed by atoms with E-state index >= 15 is 0 Å². The molecule has 2 heterocycles. The van der Waals surface area contributed by atoms with Crippen molar-refractivity contribution in [2.75, 3.05) is 24.5 Å². The molecule has 22 heavy (non-hydrogen) atoms. The van der Waals surface area contributed by atoms with Crippen molar-refractivity contribution in [1.82, 2.24) is 15.5 Å². The van der Waals surface area contributed by atoms with Crippen molar-refractivity contribution in [2.45, 2.75) is 46.5 Å². The lowest BCUT2D eigenvalue weighted by atomic mass is 9.96. The van der Waals surface area contributed by atoms with Gasteiger partial charge in [0.25, 0.3) is 0 Å². The lowest BCUT2D eigenvalue weighted by Crippen LogP contribution is -2.40. The smallest absolute Gasteiger partial charge is 0.222 e. The normalized spacial score (nSPS) is 16.4. The highest BCUT2D eigenvalue weighted by molar-refractivity contribution is 5.77. The highest BCUT2D eigenvalue weighted by atomic mass is 16.1. The zero-order valence-electron chi connectivity index (χ0n) is 14.2. The number of nitrogens with one attached hydrogen (secondary N) is 1. The number of piperidine rings is 1. The van der Waals surface area contributed by atoms with Gasteiger partial charge < -0.3 is 10.2 Å². The van der Waals surface area contributed by atoms with Crippen LogP contribution in [0.3, 0.4) is 0 Å². The van der Waals surface area contributed by atoms with Crippen LogP contribution < -0.4 is 10.2 Å². The Hall–Kier alpha value is -1.65. The van der Waals surface area contributed by atoms with Crippen LogP contribution in [0.25, 0.3) is 0 Å². The molecule has 5 nitrogen and oxygen atoms in total. The first-order chi connectivity index (χ1) is 10.5. The van der Waals surface area contributed by atoms with Crippen LogP contribution in [0, 0.1) is 11.8 Å². The SMILES string of the molecule is CC(C)C(=O)NCC1CCN(c2ccc(C(C)C)nn2)CC1.[HH]. The van der Waals surface area contributed by atoms with E-state index in [4.69, 9.17) is 0 Å². The van der Waals surface area contributed by atoms with Crippen LogP contribution in [0.15, 0.2) is 12.1 Å². The second kappa shape index (κ2) is 7.56. The molecule has 5 heteroatoms. The minimum atomic E-state index is 0. The summed E-state index contributed by atoms with van der Waals surface area (Å²) in [5.74, 6) is 2.17. The molecule has 0 aromatic carbocycles. The van der Waals surface area contributed by atoms with Crippen molar-refractivity contribution < 1.29 is 6.22 Å². The third kappa shape index (κ3) is 4.42. The lowest BCUT2D eigenvalue weighted by Gasteiger charge is -2.32. The Morgan fingerprint density at radius 1 is 1.27 bits per heavy atom. The molecule has 1 N–H and O–H groups in total. The number of rotatable bonds is 5. The Morgan fingerprint density at radius 2 is 1.95 bits per heavy atom. The first-order valence-corrected chi connectivity index (χ1v) is 8.33. The predicted molar refractivity (Wildman–Crippen MR) is 91.0 cm³/mol. The van der Waals surface area contributed by atoms with Gasteiger partial charge in [-0.1, -0.05) is 27.7 Å². The summed E-state index contributed by atoms with van der Waals surface area (Å²) < 4.78 is 0. The molecule has 0 atom stereocenters. The monoisotopic (exact) mass is 306 g/mol. The molecule has 0 saturated carbocycles. The van der Waals surface area contributed by atoms with Gasteiger partial charge in [0, 0.05) is 27.0 Å². The maximum atomic E-state index is 11.6. The van der Waals surface area contributed by atoms with Crippen molar-refractivity contribution in [2.24, 2.45) is 11.8 Å². The second-order valence-corrected chi connectivity index (χ2v) is 6.80. The number of aromatic nitrogens is 2. The number of anilines is 1. The number of carbonyl (C=O) groups excluding carboxylic acids is 1. The average Bonchev–Trinajstić information content (AvgIpc) is 2.53. The van der Waals surface area contributed by atoms with E-state index in [9.17, 15) is 4.79 Å². The first kappa shape index (κ1) is 16.7. The summed E-state index contributed by atoms with van der Waals surface area (Å²) >= 11 is 0. The van der Waals surface area contributed by atoms with Crippen molar-refractivity contribution in [3.63, 3.8) is 0 Å². The number of amides is 1. The fourth-order valence-corrected chi connectivity index (χ4v) is 2.63. The first-order valence-electron chi connectivity index (χ1n) is 8.33. The fraction of sp³-hybridized carbons (Fsp3) is 0.706. The van der Waals surface area contributed by atoms with Gasteiger partial charge in [0.15, 0.2) is 5.82 Å². The standard InChI is InChI=1S/C17H28N4O.H2/c1-12(2)15-5-6-16(20-19-15)21-9-7-14(8-10-21)11-18-17(22)13(3)4;/h5-6,12-14H,7-11H2,1-4H3,(H,18,22);1H. The van der Waals surface area contributed by atoms with Crippen LogP contribution in [-0.2, 0) is 4.79 Å². The van der Waals surface area contributed by atoms with E-state index in [1.165, 1.54) is 0 Å². The Morgan fingerprint density at radius 3 is 2.45 bits per heavy atom. The third-order valence-corrected chi connectivity index (χ3v) is 4.29. The van der Waals surface area contributed by atoms with Gasteiger partial charge in [-0.25, -0.2) is 0 Å². The van der Waals surface area contributed by atoms with E-state index in [0.717, 1.165) is 44.0 Å². The van der Waals surface area contributed by atoms with E-state index in [2.05, 4.69) is 46.4 Å². The number of nitrogens with zero attached hydrogens (tertiary/aromatic N) is 3. The quantitative estimate of drug-likeness (QED) is 0.909. The predicted octanol–water partition coefficient (Wildman–Crippen LogP) is 2.83. The molecule has 0 aliphatic carbocycles. The maximum Gasteiger partial charge on any atom is 0.222 e. The second-order valence-electron chi connectivity index (χ2n) is 6.80. The highest BCUT2D eigenvalue weighted by Gasteiger charge is 2.21. The molecule has 2 rings (SSSR count). The van der Waals surface area contributed by atoms with Crippen LogP contribution in [-0.4, -0.2) is 35.7 Å². The van der Waals surface area contributed by atoms with Gasteiger partial charge in [0.05, 0.1) is 5.69 Å². The Kier molecular flexibility index (Phi) is 5.75. The molecule has 1 amide bonds. The molecule has 0 bridgehead atoms. The molecule has 0 unspecified atom stereocenters. The van der Waals surface area contributed by atoms with Gasteiger partial charge in [-0.2, -0.15) is 5.10 Å². The molecule has 1 aliphatic heterocycles. The van der Waals surface area contributed by atoms with Gasteiger partial charge in [0.2, 0.25) is 5.91 Å². The van der Waals surface area contributed by atoms with Crippen molar-refractivity contribution in [1.29, 1.82) is 0 Å². The molecule has 1 aromatic heterocycles. The minimum absolute atomic E-state index is 0. The molecule has 1 aromatic rings. The van der Waals surface area contributed by atoms with Crippen LogP contribution in [0.1, 0.15) is 53.6 Å². The molecule has 1 aliphatic rings. The van der Waals surface area contributed by atoms with Gasteiger partial charge in [0.1, 0.15) is 0 Å². The Labute approximate surface area is 135 Å². The lowest BCUT2D eigenvalue weighted by molar-refractivity contribution is -0.124. The maximum absolute atomic E-state index is 11.6. The van der Waals surface area contributed by atoms with Gasteiger partial charge >= 0.3 is 0 Å². The summed E-state index contributed by atoms with van der Waals surface area (Å²) in [6, 6.07) is 4.14. The minimum Gasteiger partial charge on any atom is -0.356 e. The van der Waals surface area contributed by atoms with E-state index in [0.29, 0.717) is 11.8 Å². The van der Waals surface area contributed by atoms with Gasteiger partial charge in [-0.05, 0) is 36.8 Å². The number of hydrogen-bond acceptors (Lipinski definition) is 4. The molecule has 0 radical (unpaired) electrons. The summed E-state index contributed by atoms with van der Waals surface area (Å²) in [6.07, 6.45) is 2.18. The highest BCUT2D eigenvalue weighted by Crippen LogP contribution is 2.22. The summed E-state index contributed by atoms with van der Waals surface area (Å²) in [5, 5.41) is 11.7. The largest absolute Gasteiger partial charge is 0.356 e. The number of hydrogen-bond donors (Lipinski definition) is 1. The van der Waals surface area contributed by atoms with Crippen LogP contribution in [0.5, 0.6) is 0 Å². The van der Waals surface area contributed by atoms with Crippen molar-refractivity contribution >= 4 is 11.7 Å². The van der Waals surface area contributed by atoms with Crippen molar-refractivity contribution in [3.8, 4) is 0 Å². The Balaban J connectivity index is 0.00000264. The summed E-state index contributed by atoms with van der Waals surface area (Å²) in [7, 11) is 0. The molecule has 0 spiro atoms. The van der Waals surface area contributed by atoms with E-state index in [1.54, 1.807) is 0 Å². The van der Waals surface area contributed by atoms with Crippen LogP contribution >= 0.6 is 0 Å². The zero-order chi connectivity index (χ0) is 16.1. The van der Waals surface area contributed by atoms with Crippen LogP contribution in [0.2, 0.25) is 0 Å².